The average Bonchev–Trinajstić information content (AvgIpc) is 3.39. The van der Waals surface area contributed by atoms with Crippen LogP contribution in [0.3, 0.4) is 0 Å². The molecule has 3 N–H and O–H groups in total. The van der Waals surface area contributed by atoms with Gasteiger partial charge in [-0.05, 0) is 50.9 Å². The minimum Gasteiger partial charge on any atom is -0.381 e. The van der Waals surface area contributed by atoms with Crippen LogP contribution in [0.25, 0.3) is 0 Å². The van der Waals surface area contributed by atoms with Gasteiger partial charge < -0.3 is 25.0 Å². The number of hydrogen-bond acceptors (Lipinski definition) is 7. The van der Waals surface area contributed by atoms with Crippen LogP contribution in [0.4, 0.5) is 8.78 Å². The van der Waals surface area contributed by atoms with Crippen LogP contribution in [0.2, 0.25) is 0 Å². The Morgan fingerprint density at radius 2 is 1.89 bits per heavy atom. The van der Waals surface area contributed by atoms with Gasteiger partial charge in [-0.2, -0.15) is 8.78 Å². The highest BCUT2D eigenvalue weighted by Crippen LogP contribution is 2.41. The fraction of sp³-hybridized carbons (Fsp3) is 0.920. The predicted octanol–water partition coefficient (Wildman–Crippen LogP) is 2.14. The molecule has 3 heterocycles. The number of nitrogens with one attached hydrogen (secondary N) is 3. The van der Waals surface area contributed by atoms with Gasteiger partial charge in [-0.25, -0.2) is 0 Å². The van der Waals surface area contributed by atoms with E-state index in [-0.39, 0.29) is 46.5 Å². The number of piperidine rings is 1. The molecular weight excluding hydrogens is 490 g/mol. The van der Waals surface area contributed by atoms with Crippen molar-refractivity contribution >= 4 is 23.6 Å². The van der Waals surface area contributed by atoms with Crippen LogP contribution in [0.5, 0.6) is 0 Å². The third kappa shape index (κ3) is 5.70. The van der Waals surface area contributed by atoms with Crippen molar-refractivity contribution in [3.05, 3.63) is 0 Å². The van der Waals surface area contributed by atoms with E-state index >= 15 is 0 Å². The van der Waals surface area contributed by atoms with Crippen LogP contribution in [-0.2, 0) is 19.1 Å². The SMILES string of the molecule is COC1CCCCC1C1CC(C)NCC1C(=O)NC1NC2CN(C(=O)C3CC(OC(F)F)C3)CC2S1. The van der Waals surface area contributed by atoms with Crippen molar-refractivity contribution in [3.8, 4) is 0 Å². The smallest absolute Gasteiger partial charge is 0.345 e. The molecule has 0 aromatic carbocycles. The molecule has 5 aliphatic rings. The zero-order valence-electron chi connectivity index (χ0n) is 21.2. The normalized spacial score (nSPS) is 42.8. The molecule has 0 spiro atoms. The lowest BCUT2D eigenvalue weighted by atomic mass is 9.68. The molecule has 0 aromatic rings. The highest BCUT2D eigenvalue weighted by Gasteiger charge is 2.48. The topological polar surface area (TPSA) is 91.9 Å². The first-order chi connectivity index (χ1) is 17.3. The standard InChI is InChI=1S/C25H40F2N4O4S/c1-13-7-17(16-5-3-4-6-20(16)34-2)18(10-28-13)22(32)30-25-29-19-11-31(12-21(19)36-25)23(33)14-8-15(9-14)35-24(26)27/h13-21,24-25,28-29H,3-12H2,1-2H3,(H,30,32). The number of methoxy groups -OCH3 is 1. The van der Waals surface area contributed by atoms with Crippen LogP contribution in [0.15, 0.2) is 0 Å². The lowest BCUT2D eigenvalue weighted by Gasteiger charge is -2.44. The van der Waals surface area contributed by atoms with Gasteiger partial charge in [-0.3, -0.25) is 14.9 Å². The summed E-state index contributed by atoms with van der Waals surface area (Å²) >= 11 is 1.68. The molecule has 5 rings (SSSR count). The maximum Gasteiger partial charge on any atom is 0.345 e. The Morgan fingerprint density at radius 1 is 1.11 bits per heavy atom. The Balaban J connectivity index is 1.11. The van der Waals surface area contributed by atoms with Crippen LogP contribution in [0, 0.1) is 23.7 Å². The van der Waals surface area contributed by atoms with E-state index < -0.39 is 12.7 Å². The van der Waals surface area contributed by atoms with Gasteiger partial charge in [0.15, 0.2) is 0 Å². The fourth-order valence-corrected chi connectivity index (χ4v) is 8.47. The summed E-state index contributed by atoms with van der Waals surface area (Å²) in [5, 5.41) is 10.5. The number of nitrogens with zero attached hydrogens (tertiary/aromatic N) is 1. The van der Waals surface area contributed by atoms with Gasteiger partial charge in [0.05, 0.1) is 18.1 Å². The van der Waals surface area contributed by atoms with Crippen LogP contribution < -0.4 is 16.0 Å². The summed E-state index contributed by atoms with van der Waals surface area (Å²) in [6, 6.07) is 0.516. The highest BCUT2D eigenvalue weighted by atomic mass is 32.2. The molecule has 0 radical (unpaired) electrons. The maximum absolute atomic E-state index is 13.5. The van der Waals surface area contributed by atoms with Gasteiger partial charge in [0.25, 0.3) is 0 Å². The second kappa shape index (κ2) is 11.4. The first kappa shape index (κ1) is 26.6. The molecule has 11 heteroatoms. The number of thioether (sulfide) groups is 1. The Bertz CT molecular complexity index is 790. The van der Waals surface area contributed by atoms with E-state index in [9.17, 15) is 18.4 Å². The largest absolute Gasteiger partial charge is 0.381 e. The molecule has 3 saturated heterocycles. The van der Waals surface area contributed by atoms with E-state index in [4.69, 9.17) is 4.74 Å². The zero-order chi connectivity index (χ0) is 25.4. The van der Waals surface area contributed by atoms with Gasteiger partial charge in [-0.1, -0.05) is 12.8 Å². The summed E-state index contributed by atoms with van der Waals surface area (Å²) in [4.78, 5) is 28.1. The van der Waals surface area contributed by atoms with E-state index in [0.717, 1.165) is 19.3 Å². The average molecular weight is 531 g/mol. The second-order valence-corrected chi connectivity index (χ2v) is 12.7. The lowest BCUT2D eigenvalue weighted by Crippen LogP contribution is -2.55. The summed E-state index contributed by atoms with van der Waals surface area (Å²) in [5.74, 6) is 0.561. The number of rotatable bonds is 7. The Labute approximate surface area is 216 Å². The molecule has 204 valence electrons. The highest BCUT2D eigenvalue weighted by molar-refractivity contribution is 8.00. The second-order valence-electron chi connectivity index (χ2n) is 11.3. The van der Waals surface area contributed by atoms with Crippen LogP contribution in [0.1, 0.15) is 51.9 Å². The van der Waals surface area contributed by atoms with Gasteiger partial charge in [0.1, 0.15) is 5.50 Å². The molecule has 36 heavy (non-hydrogen) atoms. The maximum atomic E-state index is 13.5. The van der Waals surface area contributed by atoms with Gasteiger partial charge in [0.2, 0.25) is 11.8 Å². The third-order valence-corrected chi connectivity index (χ3v) is 10.4. The molecule has 3 aliphatic heterocycles. The number of carbonyl (C=O) groups excluding carboxylic acids is 2. The number of likely N-dealkylation sites (tertiary alicyclic amines) is 1. The summed E-state index contributed by atoms with van der Waals surface area (Å²) in [6.45, 7) is 1.31. The molecule has 2 aliphatic carbocycles. The minimum absolute atomic E-state index is 0.0342. The molecule has 8 unspecified atom stereocenters. The van der Waals surface area contributed by atoms with E-state index in [0.29, 0.717) is 50.4 Å². The van der Waals surface area contributed by atoms with Crippen molar-refractivity contribution in [2.75, 3.05) is 26.7 Å². The van der Waals surface area contributed by atoms with E-state index in [1.54, 1.807) is 18.9 Å². The van der Waals surface area contributed by atoms with Crippen molar-refractivity contribution in [2.24, 2.45) is 23.7 Å². The summed E-state index contributed by atoms with van der Waals surface area (Å²) in [6.07, 6.45) is 6.05. The van der Waals surface area contributed by atoms with Gasteiger partial charge in [-0.15, -0.1) is 11.8 Å². The zero-order valence-corrected chi connectivity index (χ0v) is 22.0. The lowest BCUT2D eigenvalue weighted by molar-refractivity contribution is -0.195. The molecule has 0 aromatic heterocycles. The monoisotopic (exact) mass is 530 g/mol. The Morgan fingerprint density at radius 3 is 2.61 bits per heavy atom. The Hall–Kier alpha value is -1.01. The molecule has 8 nitrogen and oxygen atoms in total. The molecular formula is C25H40F2N4O4S. The summed E-state index contributed by atoms with van der Waals surface area (Å²) in [7, 11) is 1.80. The minimum atomic E-state index is -2.78. The summed E-state index contributed by atoms with van der Waals surface area (Å²) < 4.78 is 35.0. The van der Waals surface area contributed by atoms with Gasteiger partial charge in [0, 0.05) is 50.0 Å². The molecule has 0 bridgehead atoms. The quantitative estimate of drug-likeness (QED) is 0.465. The molecule has 8 atom stereocenters. The third-order valence-electron chi connectivity index (χ3n) is 9.04. The number of alkyl halides is 2. The van der Waals surface area contributed by atoms with Crippen molar-refractivity contribution in [3.63, 3.8) is 0 Å². The number of amides is 2. The molecule has 5 fully saturated rings. The van der Waals surface area contributed by atoms with Crippen LogP contribution >= 0.6 is 11.8 Å². The predicted molar refractivity (Wildman–Crippen MR) is 132 cm³/mol. The first-order valence-electron chi connectivity index (χ1n) is 13.5. The van der Waals surface area contributed by atoms with Crippen LogP contribution in [-0.4, -0.2) is 85.1 Å². The van der Waals surface area contributed by atoms with Crippen molar-refractivity contribution < 1.29 is 27.8 Å². The van der Waals surface area contributed by atoms with Gasteiger partial charge >= 0.3 is 6.61 Å². The van der Waals surface area contributed by atoms with Crippen molar-refractivity contribution in [2.45, 2.75) is 93.5 Å². The fourth-order valence-electron chi connectivity index (χ4n) is 7.06. The number of fused-ring (bicyclic) bond motifs is 1. The van der Waals surface area contributed by atoms with E-state index in [1.807, 2.05) is 4.90 Å². The number of halogens is 2. The number of ether oxygens (including phenoxy) is 2. The van der Waals surface area contributed by atoms with Crippen molar-refractivity contribution in [1.82, 2.24) is 20.9 Å². The molecule has 2 saturated carbocycles. The van der Waals surface area contributed by atoms with E-state index in [2.05, 4.69) is 27.6 Å². The Kier molecular flexibility index (Phi) is 8.41. The first-order valence-corrected chi connectivity index (χ1v) is 14.5. The van der Waals surface area contributed by atoms with E-state index in [1.165, 1.54) is 12.8 Å². The number of hydrogen-bond donors (Lipinski definition) is 3. The van der Waals surface area contributed by atoms with Crippen molar-refractivity contribution in [1.29, 1.82) is 0 Å². The summed E-state index contributed by atoms with van der Waals surface area (Å²) in [5.41, 5.74) is -0.165. The molecule has 2 amide bonds. The number of carbonyl (C=O) groups is 2.